The lowest BCUT2D eigenvalue weighted by Gasteiger charge is -2.12. The first kappa shape index (κ1) is 11.9. The number of alkyl halides is 1. The maximum absolute atomic E-state index is 5.71. The Morgan fingerprint density at radius 1 is 1.31 bits per heavy atom. The van der Waals surface area contributed by atoms with Crippen LogP contribution in [0.5, 0.6) is 0 Å². The summed E-state index contributed by atoms with van der Waals surface area (Å²) in [6.07, 6.45) is 4.90. The molecule has 0 aromatic heterocycles. The van der Waals surface area contributed by atoms with Gasteiger partial charge in [-0.15, -0.1) is 11.6 Å². The second-order valence-electron chi connectivity index (χ2n) is 4.72. The van der Waals surface area contributed by atoms with Crippen LogP contribution in [-0.2, 0) is 19.4 Å². The zero-order valence-corrected chi connectivity index (χ0v) is 10.7. The van der Waals surface area contributed by atoms with Crippen molar-refractivity contribution in [1.29, 1.82) is 0 Å². The van der Waals surface area contributed by atoms with Crippen LogP contribution < -0.4 is 5.32 Å². The molecule has 1 nitrogen and oxygen atoms in total. The van der Waals surface area contributed by atoms with Crippen LogP contribution in [0.15, 0.2) is 18.2 Å². The highest BCUT2D eigenvalue weighted by atomic mass is 35.5. The molecule has 0 radical (unpaired) electrons. The number of halogens is 1. The summed E-state index contributed by atoms with van der Waals surface area (Å²) in [4.78, 5) is 0. The normalized spacial score (nSPS) is 16.1. The van der Waals surface area contributed by atoms with E-state index in [2.05, 4.69) is 30.4 Å². The molecule has 0 bridgehead atoms. The Morgan fingerprint density at radius 3 is 2.94 bits per heavy atom. The minimum atomic E-state index is 0.505. The molecule has 1 unspecified atom stereocenters. The van der Waals surface area contributed by atoms with E-state index in [-0.39, 0.29) is 0 Å². The predicted molar refractivity (Wildman–Crippen MR) is 70.1 cm³/mol. The Labute approximate surface area is 103 Å². The number of aryl methyl sites for hydroxylation is 2. The van der Waals surface area contributed by atoms with Crippen LogP contribution in [0.1, 0.15) is 36.5 Å². The van der Waals surface area contributed by atoms with Gasteiger partial charge in [-0.05, 0) is 49.3 Å². The quantitative estimate of drug-likeness (QED) is 0.775. The third kappa shape index (κ3) is 2.99. The zero-order chi connectivity index (χ0) is 11.4. The topological polar surface area (TPSA) is 12.0 Å². The third-order valence-corrected chi connectivity index (χ3v) is 3.58. The van der Waals surface area contributed by atoms with Gasteiger partial charge in [-0.25, -0.2) is 0 Å². The van der Waals surface area contributed by atoms with Crippen molar-refractivity contribution in [2.24, 2.45) is 0 Å². The van der Waals surface area contributed by atoms with Crippen LogP contribution in [0.4, 0.5) is 0 Å². The van der Waals surface area contributed by atoms with E-state index < -0.39 is 0 Å². The van der Waals surface area contributed by atoms with Crippen LogP contribution in [0.2, 0.25) is 0 Å². The summed E-state index contributed by atoms with van der Waals surface area (Å²) in [5.74, 6) is 0.734. The number of fused-ring (bicyclic) bond motifs is 1. The van der Waals surface area contributed by atoms with Gasteiger partial charge >= 0.3 is 0 Å². The highest BCUT2D eigenvalue weighted by molar-refractivity contribution is 6.17. The summed E-state index contributed by atoms with van der Waals surface area (Å²) in [6, 6.07) is 7.42. The molecule has 1 atom stereocenters. The maximum atomic E-state index is 5.71. The number of nitrogens with one attached hydrogen (secondary N) is 1. The maximum Gasteiger partial charge on any atom is 0.0238 e. The molecule has 2 rings (SSSR count). The summed E-state index contributed by atoms with van der Waals surface area (Å²) in [5.41, 5.74) is 4.52. The van der Waals surface area contributed by atoms with Gasteiger partial charge < -0.3 is 5.32 Å². The predicted octanol–water partition coefficient (Wildman–Crippen LogP) is 3.28. The summed E-state index contributed by atoms with van der Waals surface area (Å²) in [7, 11) is 0. The summed E-state index contributed by atoms with van der Waals surface area (Å²) in [6.45, 7) is 3.15. The Bertz CT molecular complexity index is 349. The highest BCUT2D eigenvalue weighted by Crippen LogP contribution is 2.22. The average Bonchev–Trinajstić information content (AvgIpc) is 2.74. The van der Waals surface area contributed by atoms with Gasteiger partial charge in [0.2, 0.25) is 0 Å². The molecule has 1 aliphatic rings. The minimum absolute atomic E-state index is 0.505. The average molecular weight is 238 g/mol. The van der Waals surface area contributed by atoms with Gasteiger partial charge in [0.1, 0.15) is 0 Å². The van der Waals surface area contributed by atoms with Gasteiger partial charge in [0.25, 0.3) is 0 Å². The largest absolute Gasteiger partial charge is 0.310 e. The standard InChI is InChI=1S/C14H20ClN/c1-11(7-8-15)16-10-12-5-6-13-3-2-4-14(13)9-12/h5-6,9,11,16H,2-4,7-8,10H2,1H3. The van der Waals surface area contributed by atoms with Gasteiger partial charge in [0.15, 0.2) is 0 Å². The van der Waals surface area contributed by atoms with Crippen LogP contribution in [0.3, 0.4) is 0 Å². The van der Waals surface area contributed by atoms with E-state index in [1.54, 1.807) is 11.1 Å². The molecule has 88 valence electrons. The smallest absolute Gasteiger partial charge is 0.0238 e. The van der Waals surface area contributed by atoms with Crippen LogP contribution in [-0.4, -0.2) is 11.9 Å². The van der Waals surface area contributed by atoms with E-state index in [0.717, 1.165) is 18.8 Å². The van der Waals surface area contributed by atoms with Crippen molar-refractivity contribution >= 4 is 11.6 Å². The molecule has 0 amide bonds. The molecule has 1 aromatic carbocycles. The van der Waals surface area contributed by atoms with Gasteiger partial charge in [0, 0.05) is 18.5 Å². The fourth-order valence-corrected chi connectivity index (χ4v) is 2.62. The summed E-state index contributed by atoms with van der Waals surface area (Å²) in [5, 5.41) is 3.51. The van der Waals surface area contributed by atoms with E-state index in [0.29, 0.717) is 6.04 Å². The molecule has 0 aliphatic heterocycles. The van der Waals surface area contributed by atoms with E-state index in [1.165, 1.54) is 24.8 Å². The second-order valence-corrected chi connectivity index (χ2v) is 5.09. The molecular formula is C14H20ClN. The highest BCUT2D eigenvalue weighted by Gasteiger charge is 2.10. The molecule has 2 heteroatoms. The van der Waals surface area contributed by atoms with Gasteiger partial charge in [-0.3, -0.25) is 0 Å². The summed E-state index contributed by atoms with van der Waals surface area (Å²) < 4.78 is 0. The summed E-state index contributed by atoms with van der Waals surface area (Å²) >= 11 is 5.71. The molecule has 0 heterocycles. The van der Waals surface area contributed by atoms with Gasteiger partial charge in [-0.2, -0.15) is 0 Å². The number of rotatable bonds is 5. The minimum Gasteiger partial charge on any atom is -0.310 e. The molecule has 0 saturated heterocycles. The fraction of sp³-hybridized carbons (Fsp3) is 0.571. The van der Waals surface area contributed by atoms with Crippen LogP contribution >= 0.6 is 11.6 Å². The van der Waals surface area contributed by atoms with Gasteiger partial charge in [-0.1, -0.05) is 18.2 Å². The first-order valence-corrected chi connectivity index (χ1v) is 6.73. The lowest BCUT2D eigenvalue weighted by atomic mass is 10.1. The number of hydrogen-bond acceptors (Lipinski definition) is 1. The van der Waals surface area contributed by atoms with Crippen LogP contribution in [0, 0.1) is 0 Å². The second kappa shape index (κ2) is 5.70. The van der Waals surface area contributed by atoms with Crippen molar-refractivity contribution in [3.05, 3.63) is 34.9 Å². The van der Waals surface area contributed by atoms with Crippen LogP contribution in [0.25, 0.3) is 0 Å². The molecule has 1 N–H and O–H groups in total. The lowest BCUT2D eigenvalue weighted by Crippen LogP contribution is -2.25. The van der Waals surface area contributed by atoms with E-state index >= 15 is 0 Å². The van der Waals surface area contributed by atoms with Crippen molar-refractivity contribution in [3.63, 3.8) is 0 Å². The van der Waals surface area contributed by atoms with Crippen molar-refractivity contribution in [2.75, 3.05) is 5.88 Å². The van der Waals surface area contributed by atoms with E-state index in [4.69, 9.17) is 11.6 Å². The molecule has 1 aliphatic carbocycles. The SMILES string of the molecule is CC(CCCl)NCc1ccc2c(c1)CCC2. The van der Waals surface area contributed by atoms with Crippen molar-refractivity contribution in [2.45, 2.75) is 45.2 Å². The first-order chi connectivity index (χ1) is 7.79. The monoisotopic (exact) mass is 237 g/mol. The zero-order valence-electron chi connectivity index (χ0n) is 9.93. The van der Waals surface area contributed by atoms with Gasteiger partial charge in [0.05, 0.1) is 0 Å². The van der Waals surface area contributed by atoms with E-state index in [9.17, 15) is 0 Å². The van der Waals surface area contributed by atoms with Crippen molar-refractivity contribution in [3.8, 4) is 0 Å². The molecule has 0 spiro atoms. The van der Waals surface area contributed by atoms with E-state index in [1.807, 2.05) is 0 Å². The number of benzene rings is 1. The fourth-order valence-electron chi connectivity index (χ4n) is 2.29. The van der Waals surface area contributed by atoms with Crippen molar-refractivity contribution < 1.29 is 0 Å². The Hall–Kier alpha value is -0.530. The Morgan fingerprint density at radius 2 is 2.12 bits per heavy atom. The Kier molecular flexibility index (Phi) is 4.25. The molecule has 0 saturated carbocycles. The third-order valence-electron chi connectivity index (χ3n) is 3.36. The lowest BCUT2D eigenvalue weighted by molar-refractivity contribution is 0.536. The van der Waals surface area contributed by atoms with Crippen molar-refractivity contribution in [1.82, 2.24) is 5.32 Å². The first-order valence-electron chi connectivity index (χ1n) is 6.19. The molecular weight excluding hydrogens is 218 g/mol. The Balaban J connectivity index is 1.90. The molecule has 16 heavy (non-hydrogen) atoms. The molecule has 1 aromatic rings. The molecule has 0 fully saturated rings. The number of hydrogen-bond donors (Lipinski definition) is 1.